The second kappa shape index (κ2) is 9.14. The summed E-state index contributed by atoms with van der Waals surface area (Å²) >= 11 is 0. The predicted molar refractivity (Wildman–Crippen MR) is 97.3 cm³/mol. The van der Waals surface area contributed by atoms with Crippen LogP contribution >= 0.6 is 0 Å². The van der Waals surface area contributed by atoms with Crippen LogP contribution in [0.5, 0.6) is 0 Å². The summed E-state index contributed by atoms with van der Waals surface area (Å²) in [5, 5.41) is 29.1. The molecule has 0 aliphatic carbocycles. The number of aliphatic hydroxyl groups excluding tert-OH is 3. The highest BCUT2D eigenvalue weighted by Gasteiger charge is 2.48. The maximum Gasteiger partial charge on any atom is 0.103 e. The Labute approximate surface area is 152 Å². The van der Waals surface area contributed by atoms with Gasteiger partial charge < -0.3 is 24.8 Å². The molecular weight excluding hydrogens is 320 g/mol. The molecule has 3 N–H and O–H groups in total. The Hall–Kier alpha value is -0.200. The van der Waals surface area contributed by atoms with Crippen molar-refractivity contribution in [3.63, 3.8) is 0 Å². The van der Waals surface area contributed by atoms with Crippen LogP contribution in [0.2, 0.25) is 0 Å². The standard InChI is InChI=1S/C20H38O5/c1-13(14(2)8-9-21)6-5-7-18-15(3)10-19-20(4,25-18)11-16(22)17(23)12-24-19/h13-19,21-23H,5-12H2,1-4H3/t13?,14?,15?,16?,17?,18?,19?,20-/m1/s1. The molecule has 2 aliphatic rings. The smallest absolute Gasteiger partial charge is 0.103 e. The zero-order valence-electron chi connectivity index (χ0n) is 16.4. The van der Waals surface area contributed by atoms with Gasteiger partial charge >= 0.3 is 0 Å². The van der Waals surface area contributed by atoms with E-state index in [9.17, 15) is 10.2 Å². The van der Waals surface area contributed by atoms with Crippen LogP contribution < -0.4 is 0 Å². The Bertz CT molecular complexity index is 404. The van der Waals surface area contributed by atoms with Crippen LogP contribution in [0.25, 0.3) is 0 Å². The molecule has 0 amide bonds. The van der Waals surface area contributed by atoms with Gasteiger partial charge in [-0.2, -0.15) is 0 Å². The number of hydrogen-bond acceptors (Lipinski definition) is 5. The lowest BCUT2D eigenvalue weighted by Gasteiger charge is -2.47. The van der Waals surface area contributed by atoms with E-state index in [2.05, 4.69) is 20.8 Å². The van der Waals surface area contributed by atoms with Crippen LogP contribution in [0.15, 0.2) is 0 Å². The van der Waals surface area contributed by atoms with Crippen LogP contribution in [0.3, 0.4) is 0 Å². The minimum atomic E-state index is -0.825. The van der Waals surface area contributed by atoms with Gasteiger partial charge in [0.2, 0.25) is 0 Å². The Morgan fingerprint density at radius 3 is 2.48 bits per heavy atom. The number of hydrogen-bond donors (Lipinski definition) is 3. The van der Waals surface area contributed by atoms with E-state index in [0.717, 1.165) is 32.1 Å². The molecular formula is C20H38O5. The van der Waals surface area contributed by atoms with Crippen LogP contribution in [0.1, 0.15) is 66.2 Å². The highest BCUT2D eigenvalue weighted by Crippen LogP contribution is 2.41. The summed E-state index contributed by atoms with van der Waals surface area (Å²) in [6.45, 7) is 9.15. The molecule has 0 radical (unpaired) electrons. The molecule has 5 heteroatoms. The van der Waals surface area contributed by atoms with Crippen LogP contribution in [0, 0.1) is 17.8 Å². The van der Waals surface area contributed by atoms with E-state index in [0.29, 0.717) is 24.2 Å². The van der Waals surface area contributed by atoms with Crippen LogP contribution in [-0.4, -0.2) is 58.6 Å². The van der Waals surface area contributed by atoms with Gasteiger partial charge in [0.1, 0.15) is 6.10 Å². The summed E-state index contributed by atoms with van der Waals surface area (Å²) in [6, 6.07) is 0. The Morgan fingerprint density at radius 2 is 1.80 bits per heavy atom. The quantitative estimate of drug-likeness (QED) is 0.652. The largest absolute Gasteiger partial charge is 0.396 e. The average molecular weight is 359 g/mol. The van der Waals surface area contributed by atoms with Gasteiger partial charge in [0, 0.05) is 13.0 Å². The van der Waals surface area contributed by atoms with Crippen molar-refractivity contribution < 1.29 is 24.8 Å². The third-order valence-electron chi connectivity index (χ3n) is 6.55. The van der Waals surface area contributed by atoms with E-state index in [1.54, 1.807) is 0 Å². The van der Waals surface area contributed by atoms with Gasteiger partial charge in [-0.1, -0.05) is 33.6 Å². The SMILES string of the molecule is CC(CCO)C(C)CCCC1O[C@]2(C)CC(O)C(O)COC2CC1C. The summed E-state index contributed by atoms with van der Waals surface area (Å²) < 4.78 is 12.3. The van der Waals surface area contributed by atoms with Crippen molar-refractivity contribution in [1.29, 1.82) is 0 Å². The molecule has 25 heavy (non-hydrogen) atoms. The van der Waals surface area contributed by atoms with Crippen LogP contribution in [0.4, 0.5) is 0 Å². The monoisotopic (exact) mass is 358 g/mol. The Balaban J connectivity index is 1.88. The molecule has 2 rings (SSSR count). The van der Waals surface area contributed by atoms with Crippen molar-refractivity contribution in [2.75, 3.05) is 13.2 Å². The van der Waals surface area contributed by atoms with Crippen molar-refractivity contribution in [3.05, 3.63) is 0 Å². The van der Waals surface area contributed by atoms with Crippen molar-refractivity contribution in [1.82, 2.24) is 0 Å². The first-order valence-electron chi connectivity index (χ1n) is 10.0. The fraction of sp³-hybridized carbons (Fsp3) is 1.00. The molecule has 0 aromatic rings. The van der Waals surface area contributed by atoms with E-state index in [4.69, 9.17) is 14.6 Å². The molecule has 0 saturated carbocycles. The molecule has 2 saturated heterocycles. The van der Waals surface area contributed by atoms with E-state index < -0.39 is 17.8 Å². The van der Waals surface area contributed by atoms with Gasteiger partial charge in [-0.3, -0.25) is 0 Å². The van der Waals surface area contributed by atoms with Gasteiger partial charge in [-0.05, 0) is 43.9 Å². The molecule has 7 unspecified atom stereocenters. The number of rotatable bonds is 7. The van der Waals surface area contributed by atoms with Crippen LogP contribution in [-0.2, 0) is 9.47 Å². The average Bonchev–Trinajstić information content (AvgIpc) is 2.65. The fourth-order valence-electron chi connectivity index (χ4n) is 4.33. The van der Waals surface area contributed by atoms with E-state index in [1.807, 2.05) is 6.92 Å². The minimum Gasteiger partial charge on any atom is -0.396 e. The highest BCUT2D eigenvalue weighted by atomic mass is 16.6. The lowest BCUT2D eigenvalue weighted by molar-refractivity contribution is -0.215. The van der Waals surface area contributed by atoms with Crippen molar-refractivity contribution in [3.8, 4) is 0 Å². The van der Waals surface area contributed by atoms with Crippen molar-refractivity contribution in [2.24, 2.45) is 17.8 Å². The lowest BCUT2D eigenvalue weighted by Crippen LogP contribution is -2.53. The van der Waals surface area contributed by atoms with Crippen molar-refractivity contribution in [2.45, 2.75) is 96.2 Å². The van der Waals surface area contributed by atoms with Gasteiger partial charge in [0.05, 0.1) is 30.5 Å². The normalized spacial score (nSPS) is 41.6. The molecule has 0 aromatic carbocycles. The Morgan fingerprint density at radius 1 is 1.12 bits per heavy atom. The van der Waals surface area contributed by atoms with Gasteiger partial charge in [0.25, 0.3) is 0 Å². The van der Waals surface area contributed by atoms with E-state index in [1.165, 1.54) is 0 Å². The van der Waals surface area contributed by atoms with E-state index in [-0.39, 0.29) is 25.4 Å². The minimum absolute atomic E-state index is 0.0611. The molecule has 5 nitrogen and oxygen atoms in total. The van der Waals surface area contributed by atoms with Gasteiger partial charge in [0.15, 0.2) is 0 Å². The molecule has 148 valence electrons. The maximum absolute atomic E-state index is 10.1. The third kappa shape index (κ3) is 5.39. The molecule has 2 aliphatic heterocycles. The first-order valence-corrected chi connectivity index (χ1v) is 10.0. The third-order valence-corrected chi connectivity index (χ3v) is 6.55. The van der Waals surface area contributed by atoms with Gasteiger partial charge in [-0.25, -0.2) is 0 Å². The zero-order chi connectivity index (χ0) is 18.6. The summed E-state index contributed by atoms with van der Waals surface area (Å²) in [6.07, 6.45) is 3.97. The predicted octanol–water partition coefficient (Wildman–Crippen LogP) is 2.51. The molecule has 2 heterocycles. The first-order chi connectivity index (χ1) is 11.8. The molecule has 8 atom stereocenters. The topological polar surface area (TPSA) is 79.2 Å². The summed E-state index contributed by atoms with van der Waals surface area (Å²) in [7, 11) is 0. The lowest BCUT2D eigenvalue weighted by atomic mass is 9.79. The first kappa shape index (κ1) is 21.1. The molecule has 0 bridgehead atoms. The molecule has 0 aromatic heterocycles. The fourth-order valence-corrected chi connectivity index (χ4v) is 4.33. The molecule has 2 fully saturated rings. The Kier molecular flexibility index (Phi) is 7.71. The summed E-state index contributed by atoms with van der Waals surface area (Å²) in [4.78, 5) is 0. The van der Waals surface area contributed by atoms with Gasteiger partial charge in [-0.15, -0.1) is 0 Å². The number of fused-ring (bicyclic) bond motifs is 1. The maximum atomic E-state index is 10.1. The summed E-state index contributed by atoms with van der Waals surface area (Å²) in [5.41, 5.74) is -0.524. The molecule has 0 spiro atoms. The second-order valence-electron chi connectivity index (χ2n) is 8.74. The second-order valence-corrected chi connectivity index (χ2v) is 8.74. The van der Waals surface area contributed by atoms with Crippen molar-refractivity contribution >= 4 is 0 Å². The highest BCUT2D eigenvalue weighted by molar-refractivity contribution is 4.98. The zero-order valence-corrected chi connectivity index (χ0v) is 16.4. The number of aliphatic hydroxyl groups is 3. The van der Waals surface area contributed by atoms with E-state index >= 15 is 0 Å². The number of ether oxygens (including phenoxy) is 2. The summed E-state index contributed by atoms with van der Waals surface area (Å²) in [5.74, 6) is 1.56.